The Bertz CT molecular complexity index is 725. The van der Waals surface area contributed by atoms with Gasteiger partial charge in [0, 0.05) is 24.5 Å². The summed E-state index contributed by atoms with van der Waals surface area (Å²) in [5.41, 5.74) is 1.95. The van der Waals surface area contributed by atoms with Crippen molar-refractivity contribution in [1.82, 2.24) is 10.0 Å². The molecule has 21 heavy (non-hydrogen) atoms. The summed E-state index contributed by atoms with van der Waals surface area (Å²) in [5, 5.41) is 18.8. The fourth-order valence-corrected chi connectivity index (χ4v) is 3.07. The minimum Gasteiger partial charge on any atom is -0.492 e. The van der Waals surface area contributed by atoms with Crippen molar-refractivity contribution in [1.29, 1.82) is 0 Å². The molecule has 0 aliphatic carbocycles. The molecule has 0 unspecified atom stereocenters. The summed E-state index contributed by atoms with van der Waals surface area (Å²) >= 11 is 7.84. The van der Waals surface area contributed by atoms with E-state index in [1.165, 1.54) is 10.3 Å². The van der Waals surface area contributed by atoms with Gasteiger partial charge in [-0.2, -0.15) is 11.3 Å². The van der Waals surface area contributed by atoms with Crippen LogP contribution in [0.25, 0.3) is 10.9 Å². The normalized spacial score (nSPS) is 11.1. The predicted molar refractivity (Wildman–Crippen MR) is 86.1 cm³/mol. The van der Waals surface area contributed by atoms with Crippen LogP contribution in [0, 0.1) is 0 Å². The van der Waals surface area contributed by atoms with Crippen molar-refractivity contribution < 1.29 is 9.94 Å². The van der Waals surface area contributed by atoms with Crippen molar-refractivity contribution >= 4 is 33.8 Å². The minimum absolute atomic E-state index is 0.0518. The lowest BCUT2D eigenvalue weighted by Gasteiger charge is -2.10. The van der Waals surface area contributed by atoms with Crippen molar-refractivity contribution in [3.8, 4) is 5.88 Å². The van der Waals surface area contributed by atoms with Gasteiger partial charge in [-0.3, -0.25) is 0 Å². The molecule has 3 aromatic rings. The number of rotatable bonds is 6. The first-order valence-electron chi connectivity index (χ1n) is 6.60. The summed E-state index contributed by atoms with van der Waals surface area (Å²) in [6.07, 6.45) is 0. The quantitative estimate of drug-likeness (QED) is 0.685. The first-order valence-corrected chi connectivity index (χ1v) is 7.92. The Morgan fingerprint density at radius 1 is 1.33 bits per heavy atom. The molecule has 0 fully saturated rings. The summed E-state index contributed by atoms with van der Waals surface area (Å²) in [5.74, 6) is 0.0518. The smallest absolute Gasteiger partial charge is 0.226 e. The summed E-state index contributed by atoms with van der Waals surface area (Å²) < 4.78 is 1.38. The van der Waals surface area contributed by atoms with Crippen LogP contribution in [0.2, 0.25) is 5.02 Å². The number of nitrogens with zero attached hydrogens (tertiary/aromatic N) is 1. The van der Waals surface area contributed by atoms with Crippen molar-refractivity contribution in [3.05, 3.63) is 51.7 Å². The van der Waals surface area contributed by atoms with Crippen LogP contribution in [0.5, 0.6) is 5.88 Å². The number of aromatic hydroxyl groups is 1. The highest BCUT2D eigenvalue weighted by atomic mass is 35.5. The van der Waals surface area contributed by atoms with E-state index in [2.05, 4.69) is 22.1 Å². The first-order chi connectivity index (χ1) is 10.3. The SMILES string of the molecule is Oc1cc2cccc(Cl)c2n1OCCNCc1ccsc1. The van der Waals surface area contributed by atoms with Crippen LogP contribution in [0.3, 0.4) is 0 Å². The van der Waals surface area contributed by atoms with Crippen LogP contribution in [0.15, 0.2) is 41.1 Å². The van der Waals surface area contributed by atoms with Crippen LogP contribution in [-0.4, -0.2) is 23.0 Å². The third-order valence-corrected chi connectivity index (χ3v) is 4.16. The van der Waals surface area contributed by atoms with E-state index in [0.717, 1.165) is 11.9 Å². The lowest BCUT2D eigenvalue weighted by molar-refractivity contribution is 0.103. The van der Waals surface area contributed by atoms with Crippen LogP contribution in [0.4, 0.5) is 0 Å². The molecule has 0 saturated heterocycles. The van der Waals surface area contributed by atoms with E-state index in [-0.39, 0.29) is 5.88 Å². The molecular weight excluding hydrogens is 308 g/mol. The number of hydrogen-bond acceptors (Lipinski definition) is 4. The molecule has 1 aromatic carbocycles. The van der Waals surface area contributed by atoms with E-state index in [1.807, 2.05) is 12.1 Å². The molecule has 3 rings (SSSR count). The van der Waals surface area contributed by atoms with Gasteiger partial charge in [-0.25, -0.2) is 0 Å². The molecule has 4 nitrogen and oxygen atoms in total. The van der Waals surface area contributed by atoms with Gasteiger partial charge >= 0.3 is 0 Å². The Kier molecular flexibility index (Phi) is 4.34. The van der Waals surface area contributed by atoms with Crippen LogP contribution in [-0.2, 0) is 6.54 Å². The van der Waals surface area contributed by atoms with Crippen LogP contribution < -0.4 is 10.2 Å². The van der Waals surface area contributed by atoms with Crippen LogP contribution >= 0.6 is 22.9 Å². The van der Waals surface area contributed by atoms with E-state index >= 15 is 0 Å². The van der Waals surface area contributed by atoms with Gasteiger partial charge in [0.1, 0.15) is 12.1 Å². The topological polar surface area (TPSA) is 46.4 Å². The van der Waals surface area contributed by atoms with Gasteiger partial charge in [0.2, 0.25) is 5.88 Å². The molecule has 2 heterocycles. The van der Waals surface area contributed by atoms with Crippen LogP contribution in [0.1, 0.15) is 5.56 Å². The molecule has 110 valence electrons. The Labute approximate surface area is 131 Å². The molecule has 2 N–H and O–H groups in total. The molecule has 6 heteroatoms. The van der Waals surface area contributed by atoms with Gasteiger partial charge in [-0.15, -0.1) is 4.73 Å². The van der Waals surface area contributed by atoms with Gasteiger partial charge in [0.25, 0.3) is 0 Å². The standard InChI is InChI=1S/C15H15ClN2O2S/c16-13-3-1-2-12-8-14(19)18(15(12)13)20-6-5-17-9-11-4-7-21-10-11/h1-4,7-8,10,17,19H,5-6,9H2. The Balaban J connectivity index is 1.59. The average molecular weight is 323 g/mol. The first kappa shape index (κ1) is 14.3. The number of nitrogens with one attached hydrogen (secondary N) is 1. The Morgan fingerprint density at radius 3 is 3.05 bits per heavy atom. The number of halogens is 1. The highest BCUT2D eigenvalue weighted by Crippen LogP contribution is 2.29. The Hall–Kier alpha value is -1.69. The molecule has 0 atom stereocenters. The van der Waals surface area contributed by atoms with E-state index in [1.54, 1.807) is 23.5 Å². The maximum absolute atomic E-state index is 9.93. The van der Waals surface area contributed by atoms with Crippen molar-refractivity contribution in [3.63, 3.8) is 0 Å². The molecule has 0 aliphatic heterocycles. The summed E-state index contributed by atoms with van der Waals surface area (Å²) in [7, 11) is 0. The fraction of sp³-hybridized carbons (Fsp3) is 0.200. The van der Waals surface area contributed by atoms with E-state index in [4.69, 9.17) is 16.4 Å². The largest absolute Gasteiger partial charge is 0.492 e. The Morgan fingerprint density at radius 2 is 2.24 bits per heavy atom. The number of para-hydroxylation sites is 1. The summed E-state index contributed by atoms with van der Waals surface area (Å²) in [6.45, 7) is 1.93. The summed E-state index contributed by atoms with van der Waals surface area (Å²) in [4.78, 5) is 5.61. The maximum atomic E-state index is 9.93. The van der Waals surface area contributed by atoms with Crippen molar-refractivity contribution in [2.45, 2.75) is 6.54 Å². The van der Waals surface area contributed by atoms with E-state index in [0.29, 0.717) is 23.7 Å². The monoisotopic (exact) mass is 322 g/mol. The second-order valence-electron chi connectivity index (χ2n) is 4.62. The maximum Gasteiger partial charge on any atom is 0.226 e. The molecule has 0 saturated carbocycles. The third kappa shape index (κ3) is 3.15. The average Bonchev–Trinajstić information content (AvgIpc) is 3.07. The highest BCUT2D eigenvalue weighted by molar-refractivity contribution is 7.07. The molecule has 0 spiro atoms. The zero-order chi connectivity index (χ0) is 14.7. The van der Waals surface area contributed by atoms with Gasteiger partial charge < -0.3 is 15.3 Å². The summed E-state index contributed by atoms with van der Waals surface area (Å²) in [6, 6.07) is 9.23. The molecule has 0 bridgehead atoms. The molecule has 0 aliphatic rings. The van der Waals surface area contributed by atoms with Gasteiger partial charge in [-0.05, 0) is 28.5 Å². The predicted octanol–water partition coefficient (Wildman–Crippen LogP) is 3.28. The lowest BCUT2D eigenvalue weighted by Crippen LogP contribution is -2.24. The zero-order valence-electron chi connectivity index (χ0n) is 11.3. The van der Waals surface area contributed by atoms with Gasteiger partial charge in [0.15, 0.2) is 0 Å². The second kappa shape index (κ2) is 6.39. The van der Waals surface area contributed by atoms with E-state index in [9.17, 15) is 5.11 Å². The van der Waals surface area contributed by atoms with Gasteiger partial charge in [-0.1, -0.05) is 23.7 Å². The zero-order valence-corrected chi connectivity index (χ0v) is 12.8. The fourth-order valence-electron chi connectivity index (χ4n) is 2.14. The number of benzene rings is 1. The molecule has 2 aromatic heterocycles. The van der Waals surface area contributed by atoms with Crippen molar-refractivity contribution in [2.24, 2.45) is 0 Å². The minimum atomic E-state index is 0.0518. The number of aromatic nitrogens is 1. The molecule has 0 amide bonds. The number of hydrogen-bond donors (Lipinski definition) is 2. The van der Waals surface area contributed by atoms with Crippen molar-refractivity contribution in [2.75, 3.05) is 13.2 Å². The third-order valence-electron chi connectivity index (χ3n) is 3.12. The number of thiophene rings is 1. The molecular formula is C15H15ClN2O2S. The van der Waals surface area contributed by atoms with E-state index < -0.39 is 0 Å². The van der Waals surface area contributed by atoms with Gasteiger partial charge in [0.05, 0.1) is 5.02 Å². The molecule has 0 radical (unpaired) electrons. The lowest BCUT2D eigenvalue weighted by atomic mass is 10.2. The number of fused-ring (bicyclic) bond motifs is 1. The highest BCUT2D eigenvalue weighted by Gasteiger charge is 2.11. The second-order valence-corrected chi connectivity index (χ2v) is 5.80.